The van der Waals surface area contributed by atoms with E-state index in [4.69, 9.17) is 5.26 Å². The summed E-state index contributed by atoms with van der Waals surface area (Å²) >= 11 is 0. The minimum atomic E-state index is -0.0375. The Hall–Kier alpha value is -3.79. The van der Waals surface area contributed by atoms with Gasteiger partial charge in [-0.2, -0.15) is 5.26 Å². The molecule has 0 amide bonds. The molecule has 0 aliphatic heterocycles. The largest absolute Gasteiger partial charge is 0.351 e. The predicted molar refractivity (Wildman–Crippen MR) is 102 cm³/mol. The van der Waals surface area contributed by atoms with Crippen LogP contribution in [0, 0.1) is 11.3 Å². The van der Waals surface area contributed by atoms with Crippen molar-refractivity contribution >= 4 is 16.9 Å². The van der Waals surface area contributed by atoms with Gasteiger partial charge in [-0.25, -0.2) is 0 Å². The first-order chi connectivity index (χ1) is 13.3. The lowest BCUT2D eigenvalue weighted by Crippen LogP contribution is -2.10. The maximum absolute atomic E-state index is 8.68. The van der Waals surface area contributed by atoms with E-state index < -0.39 is 0 Å². The SMILES string of the molecule is N#Cc1nnc(NCCc2cn(Cc3ccccc3)c3ccccc23)nn1. The summed E-state index contributed by atoms with van der Waals surface area (Å²) in [5, 5.41) is 28.1. The normalized spacial score (nSPS) is 10.6. The van der Waals surface area contributed by atoms with Crippen molar-refractivity contribution in [3.63, 3.8) is 0 Å². The number of nitriles is 1. The van der Waals surface area contributed by atoms with Gasteiger partial charge in [0.1, 0.15) is 6.07 Å². The molecule has 2 heterocycles. The van der Waals surface area contributed by atoms with E-state index in [9.17, 15) is 0 Å². The highest BCUT2D eigenvalue weighted by Gasteiger charge is 2.09. The number of nitrogens with zero attached hydrogens (tertiary/aromatic N) is 6. The zero-order valence-electron chi connectivity index (χ0n) is 14.6. The van der Waals surface area contributed by atoms with E-state index >= 15 is 0 Å². The molecule has 7 heteroatoms. The molecule has 0 radical (unpaired) electrons. The zero-order valence-corrected chi connectivity index (χ0v) is 14.6. The molecule has 0 aliphatic carbocycles. The van der Waals surface area contributed by atoms with Crippen molar-refractivity contribution in [3.05, 3.63) is 77.7 Å². The molecule has 0 saturated carbocycles. The van der Waals surface area contributed by atoms with Crippen molar-refractivity contribution in [2.75, 3.05) is 11.9 Å². The van der Waals surface area contributed by atoms with E-state index in [-0.39, 0.29) is 5.82 Å². The fourth-order valence-electron chi connectivity index (χ4n) is 3.09. The Kier molecular flexibility index (Phi) is 4.70. The third-order valence-electron chi connectivity index (χ3n) is 4.32. The van der Waals surface area contributed by atoms with Gasteiger partial charge in [0.05, 0.1) is 0 Å². The van der Waals surface area contributed by atoms with Crippen LogP contribution >= 0.6 is 0 Å². The monoisotopic (exact) mass is 355 g/mol. The number of anilines is 1. The molecule has 1 N–H and O–H groups in total. The van der Waals surface area contributed by atoms with Gasteiger partial charge in [-0.3, -0.25) is 0 Å². The van der Waals surface area contributed by atoms with Crippen LogP contribution in [0.2, 0.25) is 0 Å². The van der Waals surface area contributed by atoms with Crippen LogP contribution < -0.4 is 5.32 Å². The van der Waals surface area contributed by atoms with Crippen molar-refractivity contribution in [1.29, 1.82) is 5.26 Å². The molecule has 0 bridgehead atoms. The molecule has 2 aromatic heterocycles. The van der Waals surface area contributed by atoms with Gasteiger partial charge >= 0.3 is 0 Å². The number of hydrogen-bond donors (Lipinski definition) is 1. The van der Waals surface area contributed by atoms with Gasteiger partial charge in [-0.1, -0.05) is 48.5 Å². The Morgan fingerprint density at radius 1 is 0.926 bits per heavy atom. The first kappa shape index (κ1) is 16.7. The van der Waals surface area contributed by atoms with Crippen LogP contribution in [-0.4, -0.2) is 31.5 Å². The molecule has 4 aromatic rings. The van der Waals surface area contributed by atoms with E-state index in [1.165, 1.54) is 22.0 Å². The maximum Gasteiger partial charge on any atom is 0.272 e. The van der Waals surface area contributed by atoms with Crippen molar-refractivity contribution < 1.29 is 0 Å². The number of rotatable bonds is 6. The molecule has 2 aromatic carbocycles. The Labute approximate surface area is 156 Å². The molecule has 27 heavy (non-hydrogen) atoms. The molecule has 0 unspecified atom stereocenters. The van der Waals surface area contributed by atoms with Crippen molar-refractivity contribution in [3.8, 4) is 6.07 Å². The summed E-state index contributed by atoms with van der Waals surface area (Å²) in [5.74, 6) is 0.284. The van der Waals surface area contributed by atoms with E-state index in [1.807, 2.05) is 6.07 Å². The van der Waals surface area contributed by atoms with Crippen LogP contribution in [0.5, 0.6) is 0 Å². The third kappa shape index (κ3) is 3.75. The molecule has 132 valence electrons. The van der Waals surface area contributed by atoms with Crippen molar-refractivity contribution in [1.82, 2.24) is 25.0 Å². The highest BCUT2D eigenvalue weighted by molar-refractivity contribution is 5.84. The van der Waals surface area contributed by atoms with Gasteiger partial charge in [0.15, 0.2) is 0 Å². The van der Waals surface area contributed by atoms with Gasteiger partial charge in [-0.05, 0) is 23.6 Å². The molecular weight excluding hydrogens is 338 g/mol. The first-order valence-electron chi connectivity index (χ1n) is 8.65. The molecule has 0 atom stereocenters. The fourth-order valence-corrected chi connectivity index (χ4v) is 3.09. The van der Waals surface area contributed by atoms with Gasteiger partial charge in [0.25, 0.3) is 11.8 Å². The molecule has 7 nitrogen and oxygen atoms in total. The summed E-state index contributed by atoms with van der Waals surface area (Å²) in [5.41, 5.74) is 3.74. The van der Waals surface area contributed by atoms with E-state index in [2.05, 4.69) is 85.0 Å². The number of nitrogens with one attached hydrogen (secondary N) is 1. The highest BCUT2D eigenvalue weighted by atomic mass is 15.3. The van der Waals surface area contributed by atoms with E-state index in [1.54, 1.807) is 6.07 Å². The number of aromatic nitrogens is 5. The Balaban J connectivity index is 1.50. The summed E-state index contributed by atoms with van der Waals surface area (Å²) in [4.78, 5) is 0. The molecule has 0 saturated heterocycles. The standard InChI is InChI=1S/C20H17N7/c21-12-19-23-25-20(26-24-19)22-11-10-16-14-27(13-15-6-2-1-3-7-15)18-9-5-4-8-17(16)18/h1-9,14H,10-11,13H2,(H,22,25,26). The first-order valence-corrected chi connectivity index (χ1v) is 8.65. The molecule has 0 aliphatic rings. The van der Waals surface area contributed by atoms with Crippen molar-refractivity contribution in [2.45, 2.75) is 13.0 Å². The number of hydrogen-bond acceptors (Lipinski definition) is 6. The van der Waals surface area contributed by atoms with E-state index in [0.717, 1.165) is 13.0 Å². The molecule has 4 rings (SSSR count). The summed E-state index contributed by atoms with van der Waals surface area (Å²) in [6.07, 6.45) is 3.02. The molecular formula is C20H17N7. The topological polar surface area (TPSA) is 92.3 Å². The third-order valence-corrected chi connectivity index (χ3v) is 4.32. The van der Waals surface area contributed by atoms with Gasteiger partial charge in [0, 0.05) is 30.2 Å². The van der Waals surface area contributed by atoms with Gasteiger partial charge in [-0.15, -0.1) is 20.4 Å². The van der Waals surface area contributed by atoms with E-state index in [0.29, 0.717) is 12.5 Å². The van der Waals surface area contributed by atoms with Crippen LogP contribution in [0.15, 0.2) is 60.8 Å². The van der Waals surface area contributed by atoms with Crippen LogP contribution in [0.3, 0.4) is 0 Å². The smallest absolute Gasteiger partial charge is 0.272 e. The lowest BCUT2D eigenvalue weighted by atomic mass is 10.1. The molecule has 0 spiro atoms. The second kappa shape index (κ2) is 7.62. The molecule has 0 fully saturated rings. The Morgan fingerprint density at radius 2 is 1.67 bits per heavy atom. The van der Waals surface area contributed by atoms with Gasteiger partial charge in [0.2, 0.25) is 0 Å². The summed E-state index contributed by atoms with van der Waals surface area (Å²) in [6, 6.07) is 20.6. The Morgan fingerprint density at radius 3 is 2.44 bits per heavy atom. The number of fused-ring (bicyclic) bond motifs is 1. The average molecular weight is 355 g/mol. The average Bonchev–Trinajstić information content (AvgIpc) is 3.07. The highest BCUT2D eigenvalue weighted by Crippen LogP contribution is 2.23. The Bertz CT molecular complexity index is 1080. The lowest BCUT2D eigenvalue weighted by Gasteiger charge is -2.05. The van der Waals surface area contributed by atoms with Crippen LogP contribution in [-0.2, 0) is 13.0 Å². The summed E-state index contributed by atoms with van der Waals surface area (Å²) in [6.45, 7) is 1.48. The minimum absolute atomic E-state index is 0.0375. The second-order valence-corrected chi connectivity index (χ2v) is 6.12. The number of benzene rings is 2. The summed E-state index contributed by atoms with van der Waals surface area (Å²) < 4.78 is 2.28. The zero-order chi connectivity index (χ0) is 18.5. The van der Waals surface area contributed by atoms with Crippen LogP contribution in [0.1, 0.15) is 17.0 Å². The fraction of sp³-hybridized carbons (Fsp3) is 0.150. The maximum atomic E-state index is 8.68. The predicted octanol–water partition coefficient (Wildman–Crippen LogP) is 2.80. The van der Waals surface area contributed by atoms with Crippen LogP contribution in [0.4, 0.5) is 5.95 Å². The van der Waals surface area contributed by atoms with Crippen molar-refractivity contribution in [2.24, 2.45) is 0 Å². The lowest BCUT2D eigenvalue weighted by molar-refractivity contribution is 0.818. The quantitative estimate of drug-likeness (QED) is 0.572. The van der Waals surface area contributed by atoms with Crippen LogP contribution in [0.25, 0.3) is 10.9 Å². The minimum Gasteiger partial charge on any atom is -0.351 e. The summed E-state index contributed by atoms with van der Waals surface area (Å²) in [7, 11) is 0. The number of para-hydroxylation sites is 1. The second-order valence-electron chi connectivity index (χ2n) is 6.12. The van der Waals surface area contributed by atoms with Gasteiger partial charge < -0.3 is 9.88 Å².